The van der Waals surface area contributed by atoms with Crippen LogP contribution in [0.3, 0.4) is 0 Å². The van der Waals surface area contributed by atoms with Crippen molar-refractivity contribution in [2.75, 3.05) is 39.3 Å². The fraction of sp³-hybridized carbons (Fsp3) is 0.727. The summed E-state index contributed by atoms with van der Waals surface area (Å²) in [6.45, 7) is 4.95. The molecule has 18 heavy (non-hydrogen) atoms. The minimum atomic E-state index is -1.11. The number of rotatable bonds is 5. The maximum atomic E-state index is 11.5. The van der Waals surface area contributed by atoms with E-state index < -0.39 is 12.4 Å². The van der Waals surface area contributed by atoms with Crippen LogP contribution in [0.5, 0.6) is 0 Å². The number of nitrogens with one attached hydrogen (secondary N) is 1. The minimum Gasteiger partial charge on any atom is -0.481 e. The van der Waals surface area contributed by atoms with Gasteiger partial charge in [-0.05, 0) is 6.92 Å². The molecule has 0 atom stereocenters. The molecule has 0 bridgehead atoms. The second kappa shape index (κ2) is 6.95. The highest BCUT2D eigenvalue weighted by Gasteiger charge is 2.23. The Bertz CT molecular complexity index is 324. The number of aliphatic carboxylic acids is 1. The van der Waals surface area contributed by atoms with Gasteiger partial charge in [-0.15, -0.1) is 0 Å². The van der Waals surface area contributed by atoms with Crippen molar-refractivity contribution < 1.29 is 19.5 Å². The third kappa shape index (κ3) is 4.70. The van der Waals surface area contributed by atoms with E-state index in [1.807, 2.05) is 11.8 Å². The lowest BCUT2D eigenvalue weighted by Crippen LogP contribution is -2.51. The first-order valence-electron chi connectivity index (χ1n) is 6.01. The summed E-state index contributed by atoms with van der Waals surface area (Å²) in [7, 11) is 0. The van der Waals surface area contributed by atoms with Crippen LogP contribution in [0.2, 0.25) is 0 Å². The second-order valence-corrected chi connectivity index (χ2v) is 4.18. The van der Waals surface area contributed by atoms with Gasteiger partial charge in [0, 0.05) is 32.7 Å². The number of hydrogen-bond donors (Lipinski definition) is 2. The van der Waals surface area contributed by atoms with E-state index in [1.165, 1.54) is 4.90 Å². The van der Waals surface area contributed by atoms with Gasteiger partial charge in [-0.2, -0.15) is 0 Å². The van der Waals surface area contributed by atoms with Gasteiger partial charge < -0.3 is 15.3 Å². The Hall–Kier alpha value is -1.63. The number of nitrogens with zero attached hydrogens (tertiary/aromatic N) is 2. The van der Waals surface area contributed by atoms with Gasteiger partial charge in [0.15, 0.2) is 0 Å². The van der Waals surface area contributed by atoms with Crippen LogP contribution in [0, 0.1) is 0 Å². The van der Waals surface area contributed by atoms with E-state index in [1.54, 1.807) is 0 Å². The summed E-state index contributed by atoms with van der Waals surface area (Å²) in [4.78, 5) is 36.8. The summed E-state index contributed by atoms with van der Waals surface area (Å²) < 4.78 is 0. The largest absolute Gasteiger partial charge is 0.481 e. The van der Waals surface area contributed by atoms with Crippen LogP contribution in [0.15, 0.2) is 0 Å². The second-order valence-electron chi connectivity index (χ2n) is 4.18. The number of carbonyl (C=O) groups excluding carboxylic acids is 2. The Labute approximate surface area is 106 Å². The average molecular weight is 257 g/mol. The van der Waals surface area contributed by atoms with E-state index in [2.05, 4.69) is 5.32 Å². The predicted octanol–water partition coefficient (Wildman–Crippen LogP) is -1.26. The maximum absolute atomic E-state index is 11.5. The van der Waals surface area contributed by atoms with E-state index in [0.29, 0.717) is 39.3 Å². The fourth-order valence-corrected chi connectivity index (χ4v) is 1.85. The van der Waals surface area contributed by atoms with Crippen LogP contribution in [-0.2, 0) is 14.4 Å². The van der Waals surface area contributed by atoms with Crippen LogP contribution >= 0.6 is 0 Å². The SMILES string of the molecule is CCNC(=O)CN1CCN(C(=O)CC(=O)O)CC1. The predicted molar refractivity (Wildman–Crippen MR) is 64.0 cm³/mol. The smallest absolute Gasteiger partial charge is 0.312 e. The molecule has 1 rings (SSSR count). The minimum absolute atomic E-state index is 0.0252. The molecule has 2 amide bonds. The van der Waals surface area contributed by atoms with Gasteiger partial charge in [-0.25, -0.2) is 0 Å². The Morgan fingerprint density at radius 1 is 1.17 bits per heavy atom. The molecule has 1 saturated heterocycles. The topological polar surface area (TPSA) is 90.0 Å². The summed E-state index contributed by atoms with van der Waals surface area (Å²) in [5.41, 5.74) is 0. The van der Waals surface area contributed by atoms with E-state index in [0.717, 1.165) is 0 Å². The lowest BCUT2D eigenvalue weighted by molar-refractivity contribution is -0.144. The molecule has 0 saturated carbocycles. The van der Waals surface area contributed by atoms with Crippen molar-refractivity contribution >= 4 is 17.8 Å². The number of hydrogen-bond acceptors (Lipinski definition) is 4. The summed E-state index contributed by atoms with van der Waals surface area (Å²) >= 11 is 0. The standard InChI is InChI=1S/C11H19N3O4/c1-2-12-9(15)8-13-3-5-14(6-4-13)10(16)7-11(17)18/h2-8H2,1H3,(H,12,15)(H,17,18). The van der Waals surface area contributed by atoms with Crippen molar-refractivity contribution in [2.24, 2.45) is 0 Å². The van der Waals surface area contributed by atoms with Gasteiger partial charge in [0.05, 0.1) is 6.54 Å². The quantitative estimate of drug-likeness (QED) is 0.600. The number of carboxylic acids is 1. The molecule has 102 valence electrons. The normalized spacial score (nSPS) is 16.4. The van der Waals surface area contributed by atoms with E-state index in [4.69, 9.17) is 5.11 Å². The third-order valence-corrected chi connectivity index (χ3v) is 2.77. The summed E-state index contributed by atoms with van der Waals surface area (Å²) in [6.07, 6.45) is -0.462. The molecule has 0 aromatic heterocycles. The Morgan fingerprint density at radius 2 is 1.78 bits per heavy atom. The number of carbonyl (C=O) groups is 3. The van der Waals surface area contributed by atoms with Crippen molar-refractivity contribution in [3.8, 4) is 0 Å². The molecule has 0 aromatic rings. The summed E-state index contributed by atoms with van der Waals surface area (Å²) in [5.74, 6) is -1.49. The van der Waals surface area contributed by atoms with Crippen LogP contribution < -0.4 is 5.32 Å². The number of amides is 2. The van der Waals surface area contributed by atoms with Crippen molar-refractivity contribution in [3.05, 3.63) is 0 Å². The highest BCUT2D eigenvalue weighted by Crippen LogP contribution is 2.03. The summed E-state index contributed by atoms with van der Waals surface area (Å²) in [5, 5.41) is 11.2. The third-order valence-electron chi connectivity index (χ3n) is 2.77. The molecule has 0 aliphatic carbocycles. The highest BCUT2D eigenvalue weighted by molar-refractivity contribution is 5.93. The van der Waals surface area contributed by atoms with Crippen LogP contribution in [0.25, 0.3) is 0 Å². The zero-order valence-electron chi connectivity index (χ0n) is 10.5. The Balaban J connectivity index is 2.30. The molecule has 1 fully saturated rings. The van der Waals surface area contributed by atoms with Gasteiger partial charge in [-0.3, -0.25) is 19.3 Å². The van der Waals surface area contributed by atoms with E-state index in [-0.39, 0.29) is 11.8 Å². The van der Waals surface area contributed by atoms with Gasteiger partial charge in [0.25, 0.3) is 0 Å². The van der Waals surface area contributed by atoms with Crippen LogP contribution in [0.1, 0.15) is 13.3 Å². The molecule has 0 spiro atoms. The molecule has 0 aromatic carbocycles. The van der Waals surface area contributed by atoms with Crippen molar-refractivity contribution in [3.63, 3.8) is 0 Å². The lowest BCUT2D eigenvalue weighted by atomic mass is 10.2. The lowest BCUT2D eigenvalue weighted by Gasteiger charge is -2.34. The van der Waals surface area contributed by atoms with E-state index in [9.17, 15) is 14.4 Å². The molecule has 7 heteroatoms. The Morgan fingerprint density at radius 3 is 2.28 bits per heavy atom. The van der Waals surface area contributed by atoms with Crippen molar-refractivity contribution in [2.45, 2.75) is 13.3 Å². The molecule has 1 aliphatic rings. The number of piperazine rings is 1. The zero-order valence-corrected chi connectivity index (χ0v) is 10.5. The first-order valence-corrected chi connectivity index (χ1v) is 6.01. The first-order chi connectivity index (χ1) is 8.52. The molecule has 2 N–H and O–H groups in total. The molecule has 1 heterocycles. The molecule has 7 nitrogen and oxygen atoms in total. The Kier molecular flexibility index (Phi) is 5.57. The molecule has 1 aliphatic heterocycles. The van der Waals surface area contributed by atoms with E-state index >= 15 is 0 Å². The van der Waals surface area contributed by atoms with Crippen molar-refractivity contribution in [1.82, 2.24) is 15.1 Å². The fourth-order valence-electron chi connectivity index (χ4n) is 1.85. The number of carboxylic acid groups (broad SMARTS) is 1. The molecule has 0 unspecified atom stereocenters. The monoisotopic (exact) mass is 257 g/mol. The first kappa shape index (κ1) is 14.4. The van der Waals surface area contributed by atoms with Crippen LogP contribution in [0.4, 0.5) is 0 Å². The molecular formula is C11H19N3O4. The number of likely N-dealkylation sites (N-methyl/N-ethyl adjacent to an activating group) is 1. The highest BCUT2D eigenvalue weighted by atomic mass is 16.4. The molecular weight excluding hydrogens is 238 g/mol. The van der Waals surface area contributed by atoms with Crippen LogP contribution in [-0.4, -0.2) is 72.0 Å². The zero-order chi connectivity index (χ0) is 13.5. The van der Waals surface area contributed by atoms with Gasteiger partial charge in [0.2, 0.25) is 11.8 Å². The van der Waals surface area contributed by atoms with Gasteiger partial charge in [-0.1, -0.05) is 0 Å². The van der Waals surface area contributed by atoms with Gasteiger partial charge >= 0.3 is 5.97 Å². The average Bonchev–Trinajstić information content (AvgIpc) is 2.29. The molecule has 0 radical (unpaired) electrons. The maximum Gasteiger partial charge on any atom is 0.312 e. The van der Waals surface area contributed by atoms with Gasteiger partial charge in [0.1, 0.15) is 6.42 Å². The summed E-state index contributed by atoms with van der Waals surface area (Å²) in [6, 6.07) is 0. The van der Waals surface area contributed by atoms with Crippen molar-refractivity contribution in [1.29, 1.82) is 0 Å².